The zero-order valence-electron chi connectivity index (χ0n) is 11.6. The summed E-state index contributed by atoms with van der Waals surface area (Å²) in [6.07, 6.45) is 0. The first-order chi connectivity index (χ1) is 11.0. The maximum absolute atomic E-state index is 12.5. The topological polar surface area (TPSA) is 109 Å². The number of nitro groups is 1. The lowest BCUT2D eigenvalue weighted by Gasteiger charge is -2.11. The molecule has 0 radical (unpaired) electrons. The lowest BCUT2D eigenvalue weighted by atomic mass is 10.1. The second-order valence-electron chi connectivity index (χ2n) is 4.83. The van der Waals surface area contributed by atoms with Gasteiger partial charge in [0.2, 0.25) is 0 Å². The monoisotopic (exact) mass is 307 g/mol. The molecule has 0 spiro atoms. The van der Waals surface area contributed by atoms with E-state index in [0.29, 0.717) is 16.6 Å². The second-order valence-corrected chi connectivity index (χ2v) is 4.83. The van der Waals surface area contributed by atoms with Gasteiger partial charge >= 0.3 is 0 Å². The molecule has 0 bridgehead atoms. The number of nitrogens with zero attached hydrogens (tertiary/aromatic N) is 3. The summed E-state index contributed by atoms with van der Waals surface area (Å²) >= 11 is 0. The molecule has 112 valence electrons. The van der Waals surface area contributed by atoms with E-state index < -0.39 is 10.5 Å². The summed E-state index contributed by atoms with van der Waals surface area (Å²) in [5.74, 6) is 0.00953. The fourth-order valence-corrected chi connectivity index (χ4v) is 2.37. The molecule has 0 saturated heterocycles. The zero-order chi connectivity index (χ0) is 16.6. The summed E-state index contributed by atoms with van der Waals surface area (Å²) in [7, 11) is 0. The van der Waals surface area contributed by atoms with E-state index in [9.17, 15) is 20.0 Å². The highest BCUT2D eigenvalue weighted by molar-refractivity contribution is 5.83. The summed E-state index contributed by atoms with van der Waals surface area (Å²) in [5, 5.41) is 29.9. The van der Waals surface area contributed by atoms with Crippen LogP contribution in [0.2, 0.25) is 0 Å². The van der Waals surface area contributed by atoms with Gasteiger partial charge in [-0.15, -0.1) is 0 Å². The molecule has 0 atom stereocenters. The number of non-ortho nitro benzene ring substituents is 1. The Balaban J connectivity index is 2.35. The van der Waals surface area contributed by atoms with Gasteiger partial charge < -0.3 is 5.11 Å². The van der Waals surface area contributed by atoms with Gasteiger partial charge in [-0.25, -0.2) is 0 Å². The van der Waals surface area contributed by atoms with Crippen LogP contribution in [0, 0.1) is 21.4 Å². The number of aromatic hydroxyl groups is 1. The Morgan fingerprint density at radius 3 is 2.43 bits per heavy atom. The molecule has 0 saturated carbocycles. The number of nitriles is 1. The van der Waals surface area contributed by atoms with Crippen molar-refractivity contribution in [1.82, 2.24) is 4.57 Å². The number of phenols is 1. The van der Waals surface area contributed by atoms with Gasteiger partial charge in [0.25, 0.3) is 11.2 Å². The molecule has 1 heterocycles. The molecule has 3 aromatic rings. The number of fused-ring (bicyclic) bond motifs is 1. The average molecular weight is 307 g/mol. The van der Waals surface area contributed by atoms with Crippen molar-refractivity contribution in [2.24, 2.45) is 0 Å². The summed E-state index contributed by atoms with van der Waals surface area (Å²) in [6, 6.07) is 13.1. The Hall–Kier alpha value is -3.66. The van der Waals surface area contributed by atoms with Crippen LogP contribution in [0.3, 0.4) is 0 Å². The van der Waals surface area contributed by atoms with Gasteiger partial charge in [-0.3, -0.25) is 19.5 Å². The molecule has 23 heavy (non-hydrogen) atoms. The lowest BCUT2D eigenvalue weighted by molar-refractivity contribution is -0.384. The maximum Gasteiger partial charge on any atom is 0.273 e. The van der Waals surface area contributed by atoms with Crippen molar-refractivity contribution in [2.75, 3.05) is 0 Å². The highest BCUT2D eigenvalue weighted by Gasteiger charge is 2.12. The Morgan fingerprint density at radius 1 is 1.13 bits per heavy atom. The van der Waals surface area contributed by atoms with E-state index in [4.69, 9.17) is 5.26 Å². The van der Waals surface area contributed by atoms with E-state index in [1.807, 2.05) is 6.07 Å². The highest BCUT2D eigenvalue weighted by atomic mass is 16.6. The van der Waals surface area contributed by atoms with Crippen molar-refractivity contribution in [1.29, 1.82) is 5.26 Å². The van der Waals surface area contributed by atoms with Crippen molar-refractivity contribution in [3.8, 4) is 17.5 Å². The van der Waals surface area contributed by atoms with Crippen molar-refractivity contribution in [3.05, 3.63) is 74.6 Å². The second kappa shape index (κ2) is 5.27. The van der Waals surface area contributed by atoms with Crippen molar-refractivity contribution >= 4 is 16.6 Å². The molecule has 7 nitrogen and oxygen atoms in total. The Labute approximate surface area is 129 Å². The normalized spacial score (nSPS) is 10.4. The zero-order valence-corrected chi connectivity index (χ0v) is 11.6. The molecule has 1 N–H and O–H groups in total. The summed E-state index contributed by atoms with van der Waals surface area (Å²) < 4.78 is 1.29. The Kier molecular flexibility index (Phi) is 3.27. The van der Waals surface area contributed by atoms with Crippen LogP contribution in [-0.2, 0) is 0 Å². The largest absolute Gasteiger partial charge is 0.508 e. The SMILES string of the molecule is N#Cc1cc2cc(O)ccc2n(-c2ccc([N+](=O)[O-])cc2)c1=O. The molecule has 0 amide bonds. The molecule has 0 aliphatic rings. The van der Waals surface area contributed by atoms with Gasteiger partial charge in [-0.2, -0.15) is 5.26 Å². The highest BCUT2D eigenvalue weighted by Crippen LogP contribution is 2.23. The minimum Gasteiger partial charge on any atom is -0.508 e. The van der Waals surface area contributed by atoms with Crippen LogP contribution in [0.1, 0.15) is 5.56 Å². The van der Waals surface area contributed by atoms with Gasteiger partial charge in [-0.1, -0.05) is 0 Å². The first-order valence-corrected chi connectivity index (χ1v) is 6.55. The van der Waals surface area contributed by atoms with E-state index in [-0.39, 0.29) is 17.0 Å². The first-order valence-electron chi connectivity index (χ1n) is 6.55. The number of rotatable bonds is 2. The smallest absolute Gasteiger partial charge is 0.273 e. The molecule has 0 aliphatic heterocycles. The molecular formula is C16H9N3O4. The third-order valence-corrected chi connectivity index (χ3v) is 3.42. The third-order valence-electron chi connectivity index (χ3n) is 3.42. The van der Waals surface area contributed by atoms with Crippen LogP contribution in [0.25, 0.3) is 16.6 Å². The lowest BCUT2D eigenvalue weighted by Crippen LogP contribution is -2.21. The molecule has 0 aliphatic carbocycles. The third kappa shape index (κ3) is 2.38. The van der Waals surface area contributed by atoms with Crippen LogP contribution in [-0.4, -0.2) is 14.6 Å². The summed E-state index contributed by atoms with van der Waals surface area (Å²) in [5.41, 5.74) is 0.176. The number of pyridine rings is 1. The molecule has 0 unspecified atom stereocenters. The molecule has 0 fully saturated rings. The van der Waals surface area contributed by atoms with Crippen molar-refractivity contribution in [3.63, 3.8) is 0 Å². The predicted molar refractivity (Wildman–Crippen MR) is 82.6 cm³/mol. The quantitative estimate of drug-likeness (QED) is 0.577. The van der Waals surface area contributed by atoms with Gasteiger partial charge in [0.05, 0.1) is 10.4 Å². The van der Waals surface area contributed by atoms with E-state index in [1.165, 1.54) is 47.0 Å². The summed E-state index contributed by atoms with van der Waals surface area (Å²) in [4.78, 5) is 22.7. The van der Waals surface area contributed by atoms with Crippen molar-refractivity contribution in [2.45, 2.75) is 0 Å². The fraction of sp³-hybridized carbons (Fsp3) is 0. The van der Waals surface area contributed by atoms with Crippen LogP contribution in [0.4, 0.5) is 5.69 Å². The number of nitro benzene ring substituents is 1. The van der Waals surface area contributed by atoms with Gasteiger partial charge in [-0.05, 0) is 36.4 Å². The molecular weight excluding hydrogens is 298 g/mol. The van der Waals surface area contributed by atoms with Gasteiger partial charge in [0.1, 0.15) is 17.4 Å². The number of benzene rings is 2. The number of hydrogen-bond donors (Lipinski definition) is 1. The van der Waals surface area contributed by atoms with Crippen molar-refractivity contribution < 1.29 is 10.0 Å². The minimum absolute atomic E-state index is 0.00953. The molecule has 2 aromatic carbocycles. The van der Waals surface area contributed by atoms with Gasteiger partial charge in [0.15, 0.2) is 0 Å². The number of hydrogen-bond acceptors (Lipinski definition) is 5. The van der Waals surface area contributed by atoms with Crippen LogP contribution in [0.5, 0.6) is 5.75 Å². The standard InChI is InChI=1S/C16H9N3O4/c17-9-11-7-10-8-14(20)5-6-15(10)18(16(11)21)12-1-3-13(4-2-12)19(22)23/h1-8,20H. The number of phenolic OH excluding ortho intramolecular Hbond substituents is 1. The van der Waals surface area contributed by atoms with Crippen LogP contribution >= 0.6 is 0 Å². The van der Waals surface area contributed by atoms with E-state index in [0.717, 1.165) is 0 Å². The summed E-state index contributed by atoms with van der Waals surface area (Å²) in [6.45, 7) is 0. The average Bonchev–Trinajstić information content (AvgIpc) is 2.54. The minimum atomic E-state index is -0.533. The fourth-order valence-electron chi connectivity index (χ4n) is 2.37. The van der Waals surface area contributed by atoms with E-state index >= 15 is 0 Å². The molecule has 1 aromatic heterocycles. The number of aromatic nitrogens is 1. The molecule has 7 heteroatoms. The van der Waals surface area contributed by atoms with Crippen LogP contribution < -0.4 is 5.56 Å². The van der Waals surface area contributed by atoms with Gasteiger partial charge in [0, 0.05) is 23.2 Å². The first kappa shape index (κ1) is 14.3. The Morgan fingerprint density at radius 2 is 1.83 bits per heavy atom. The predicted octanol–water partition coefficient (Wildman–Crippen LogP) is 2.48. The Bertz CT molecular complexity index is 1030. The van der Waals surface area contributed by atoms with E-state index in [1.54, 1.807) is 6.07 Å². The van der Waals surface area contributed by atoms with E-state index in [2.05, 4.69) is 0 Å². The molecule has 3 rings (SSSR count). The van der Waals surface area contributed by atoms with Crippen LogP contribution in [0.15, 0.2) is 53.3 Å². The maximum atomic E-state index is 12.5.